The molecule has 0 saturated heterocycles. The molecule has 32 heavy (non-hydrogen) atoms. The first kappa shape index (κ1) is 33.1. The van der Waals surface area contributed by atoms with E-state index < -0.39 is 0 Å². The Labute approximate surface area is 203 Å². The van der Waals surface area contributed by atoms with Crippen LogP contribution in [0.3, 0.4) is 0 Å². The summed E-state index contributed by atoms with van der Waals surface area (Å²) in [6.45, 7) is 22.0. The molecule has 0 aliphatic rings. The van der Waals surface area contributed by atoms with Crippen LogP contribution >= 0.6 is 0 Å². The van der Waals surface area contributed by atoms with Gasteiger partial charge in [-0.1, -0.05) is 114 Å². The highest BCUT2D eigenvalue weighted by molar-refractivity contribution is 5.15. The molecule has 0 heterocycles. The predicted octanol–water partition coefficient (Wildman–Crippen LogP) is 10.2. The van der Waals surface area contributed by atoms with Gasteiger partial charge in [-0.15, -0.1) is 0 Å². The number of hydrogen-bond acceptors (Lipinski definition) is 1. The van der Waals surface area contributed by atoms with E-state index in [9.17, 15) is 0 Å². The van der Waals surface area contributed by atoms with Crippen molar-refractivity contribution >= 4 is 0 Å². The number of allylic oxidation sites excluding steroid dienone is 7. The van der Waals surface area contributed by atoms with Gasteiger partial charge in [0.2, 0.25) is 0 Å². The highest BCUT2D eigenvalue weighted by atomic mass is 16.2. The largest absolute Gasteiger partial charge is 0.396 e. The van der Waals surface area contributed by atoms with Crippen LogP contribution in [0.15, 0.2) is 47.6 Å². The lowest BCUT2D eigenvalue weighted by Crippen LogP contribution is -2.00. The number of hydrogen-bond donors (Lipinski definition) is 1. The van der Waals surface area contributed by atoms with Crippen molar-refractivity contribution in [1.82, 2.24) is 0 Å². The van der Waals surface area contributed by atoms with Crippen LogP contribution in [0.5, 0.6) is 0 Å². The summed E-state index contributed by atoms with van der Waals surface area (Å²) < 4.78 is 0. The second-order valence-electron chi connectivity index (χ2n) is 10.6. The summed E-state index contributed by atoms with van der Waals surface area (Å²) in [7, 11) is 0. The molecule has 0 radical (unpaired) electrons. The molecule has 0 amide bonds. The van der Waals surface area contributed by atoms with Crippen molar-refractivity contribution in [3.8, 4) is 0 Å². The molecule has 0 aromatic carbocycles. The molecule has 0 spiro atoms. The maximum absolute atomic E-state index is 8.77. The summed E-state index contributed by atoms with van der Waals surface area (Å²) >= 11 is 0. The lowest BCUT2D eigenvalue weighted by molar-refractivity contribution is 0.269. The third-order valence-electron chi connectivity index (χ3n) is 6.05. The van der Waals surface area contributed by atoms with Gasteiger partial charge in [-0.2, -0.15) is 0 Å². The number of aliphatic hydroxyl groups is 1. The van der Waals surface area contributed by atoms with Crippen LogP contribution < -0.4 is 0 Å². The molecule has 0 bridgehead atoms. The maximum Gasteiger partial charge on any atom is 0.0431 e. The zero-order valence-electron chi connectivity index (χ0n) is 23.2. The van der Waals surface area contributed by atoms with Crippen LogP contribution in [0.25, 0.3) is 0 Å². The van der Waals surface area contributed by atoms with Gasteiger partial charge in [0.15, 0.2) is 0 Å². The zero-order valence-corrected chi connectivity index (χ0v) is 23.2. The lowest BCUT2D eigenvalue weighted by atomic mass is 9.92. The monoisotopic (exact) mass is 446 g/mol. The molecule has 2 unspecified atom stereocenters. The normalized spacial score (nSPS) is 13.9. The molecule has 0 aliphatic heterocycles. The van der Waals surface area contributed by atoms with Crippen molar-refractivity contribution in [3.05, 3.63) is 47.6 Å². The van der Waals surface area contributed by atoms with E-state index in [4.69, 9.17) is 5.11 Å². The zero-order chi connectivity index (χ0) is 24.8. The Morgan fingerprint density at radius 3 is 1.75 bits per heavy atom. The van der Waals surface area contributed by atoms with Crippen LogP contribution in [-0.2, 0) is 0 Å². The minimum Gasteiger partial charge on any atom is -0.396 e. The first-order valence-electron chi connectivity index (χ1n) is 13.3. The van der Waals surface area contributed by atoms with E-state index in [2.05, 4.69) is 80.2 Å². The van der Waals surface area contributed by atoms with Crippen molar-refractivity contribution in [2.24, 2.45) is 17.8 Å². The summed E-state index contributed by atoms with van der Waals surface area (Å²) in [5, 5.41) is 8.77. The van der Waals surface area contributed by atoms with Gasteiger partial charge >= 0.3 is 0 Å². The Hall–Kier alpha value is -1.08. The molecule has 0 aromatic rings. The van der Waals surface area contributed by atoms with Crippen molar-refractivity contribution in [2.75, 3.05) is 6.61 Å². The maximum atomic E-state index is 8.77. The Bertz CT molecular complexity index is 517. The summed E-state index contributed by atoms with van der Waals surface area (Å²) in [5.41, 5.74) is 4.13. The van der Waals surface area contributed by atoms with Gasteiger partial charge in [0, 0.05) is 6.61 Å². The van der Waals surface area contributed by atoms with E-state index in [0.717, 1.165) is 37.0 Å². The molecule has 1 heteroatoms. The van der Waals surface area contributed by atoms with Crippen molar-refractivity contribution < 1.29 is 5.11 Å². The minimum absolute atomic E-state index is 0.357. The lowest BCUT2D eigenvalue weighted by Gasteiger charge is -2.14. The van der Waals surface area contributed by atoms with E-state index in [1.807, 2.05) is 6.08 Å². The molecular formula is C31H58O. The highest BCUT2D eigenvalue weighted by Crippen LogP contribution is 2.20. The fraction of sp³-hybridized carbons (Fsp3) is 0.742. The molecule has 0 aromatic heterocycles. The Balaban J connectivity index is 0. The summed E-state index contributed by atoms with van der Waals surface area (Å²) in [6, 6.07) is 0. The molecule has 1 nitrogen and oxygen atoms in total. The minimum atomic E-state index is 0.357. The smallest absolute Gasteiger partial charge is 0.0431 e. The van der Waals surface area contributed by atoms with Crippen molar-refractivity contribution in [2.45, 2.75) is 126 Å². The molecule has 0 fully saturated rings. The molecular weight excluding hydrogens is 388 g/mol. The van der Waals surface area contributed by atoms with Gasteiger partial charge in [-0.25, -0.2) is 0 Å². The van der Waals surface area contributed by atoms with E-state index in [0.29, 0.717) is 6.61 Å². The fourth-order valence-electron chi connectivity index (χ4n) is 3.64. The SMILES string of the molecule is C=C/C(C)=C/C/C=C(\C)CCC=C(C)C.CC(C)CCCC(C)CCCC(C)CCCO. The van der Waals surface area contributed by atoms with Gasteiger partial charge < -0.3 is 5.11 Å². The second-order valence-corrected chi connectivity index (χ2v) is 10.6. The average Bonchev–Trinajstić information content (AvgIpc) is 2.72. The van der Waals surface area contributed by atoms with Crippen LogP contribution in [-0.4, -0.2) is 11.7 Å². The first-order valence-corrected chi connectivity index (χ1v) is 13.3. The van der Waals surface area contributed by atoms with E-state index in [1.54, 1.807) is 0 Å². The topological polar surface area (TPSA) is 20.2 Å². The van der Waals surface area contributed by atoms with Crippen LogP contribution in [0.4, 0.5) is 0 Å². The molecule has 0 rings (SSSR count). The number of rotatable bonds is 17. The summed E-state index contributed by atoms with van der Waals surface area (Å²) in [4.78, 5) is 0. The van der Waals surface area contributed by atoms with Crippen LogP contribution in [0.2, 0.25) is 0 Å². The van der Waals surface area contributed by atoms with Gasteiger partial charge in [-0.05, 0) is 77.6 Å². The van der Waals surface area contributed by atoms with Gasteiger partial charge in [0.25, 0.3) is 0 Å². The molecule has 188 valence electrons. The predicted molar refractivity (Wildman–Crippen MR) is 148 cm³/mol. The van der Waals surface area contributed by atoms with Crippen LogP contribution in [0, 0.1) is 17.8 Å². The second kappa shape index (κ2) is 23.1. The highest BCUT2D eigenvalue weighted by Gasteiger charge is 2.06. The summed E-state index contributed by atoms with van der Waals surface area (Å²) in [6.07, 6.45) is 22.5. The number of aliphatic hydroxyl groups excluding tert-OH is 1. The van der Waals surface area contributed by atoms with Crippen molar-refractivity contribution in [1.29, 1.82) is 0 Å². The quantitative estimate of drug-likeness (QED) is 0.174. The fourth-order valence-corrected chi connectivity index (χ4v) is 3.64. The van der Waals surface area contributed by atoms with Gasteiger partial charge in [0.1, 0.15) is 0 Å². The average molecular weight is 447 g/mol. The van der Waals surface area contributed by atoms with E-state index in [-0.39, 0.29) is 0 Å². The third kappa shape index (κ3) is 27.0. The standard InChI is InChI=1S/C16H34O.C15H24/c1-14(2)8-5-9-15(3)10-6-11-16(4)12-7-13-17;1-6-14(4)10-8-12-15(5)11-7-9-13(2)3/h14-17H,5-13H2,1-4H3;6,9-10,12H,1,7-8,11H2,2-5H3/b;14-10+,15-12+. The van der Waals surface area contributed by atoms with E-state index >= 15 is 0 Å². The Morgan fingerprint density at radius 2 is 1.28 bits per heavy atom. The third-order valence-corrected chi connectivity index (χ3v) is 6.05. The van der Waals surface area contributed by atoms with Gasteiger partial charge in [0.05, 0.1) is 0 Å². The van der Waals surface area contributed by atoms with Crippen molar-refractivity contribution in [3.63, 3.8) is 0 Å². The molecule has 0 saturated carbocycles. The molecule has 0 aliphatic carbocycles. The first-order chi connectivity index (χ1) is 15.1. The Kier molecular flexibility index (Phi) is 23.9. The Morgan fingerprint density at radius 1 is 0.750 bits per heavy atom. The van der Waals surface area contributed by atoms with Crippen LogP contribution in [0.1, 0.15) is 126 Å². The summed E-state index contributed by atoms with van der Waals surface area (Å²) in [5.74, 6) is 2.56. The van der Waals surface area contributed by atoms with E-state index in [1.165, 1.54) is 68.1 Å². The molecule has 2 atom stereocenters. The van der Waals surface area contributed by atoms with Gasteiger partial charge in [-0.3, -0.25) is 0 Å². The molecule has 1 N–H and O–H groups in total.